The number of ether oxygens (including phenoxy) is 3. The van der Waals surface area contributed by atoms with E-state index in [-0.39, 0.29) is 32.6 Å². The molecule has 0 spiro atoms. The summed E-state index contributed by atoms with van der Waals surface area (Å²) in [5.74, 6) is 0.305. The van der Waals surface area contributed by atoms with Gasteiger partial charge in [0.05, 0.1) is 43.2 Å². The van der Waals surface area contributed by atoms with Crippen LogP contribution in [0.1, 0.15) is 21.5 Å². The maximum atomic E-state index is 13.9. The molecule has 0 bridgehead atoms. The molecule has 0 aliphatic carbocycles. The number of rotatable bonds is 13. The molecule has 0 fully saturated rings. The number of anilines is 2. The summed E-state index contributed by atoms with van der Waals surface area (Å²) < 4.78 is 44.7. The number of sulfonamides is 1. The molecule has 0 heterocycles. The molecule has 10 nitrogen and oxygen atoms in total. The zero-order chi connectivity index (χ0) is 32.6. The van der Waals surface area contributed by atoms with Crippen LogP contribution in [0.5, 0.6) is 17.2 Å². The minimum Gasteiger partial charge on any atom is -0.495 e. The monoisotopic (exact) mass is 651 g/mol. The first kappa shape index (κ1) is 33.2. The van der Waals surface area contributed by atoms with Gasteiger partial charge in [0.2, 0.25) is 5.91 Å². The average Bonchev–Trinajstić information content (AvgIpc) is 3.03. The van der Waals surface area contributed by atoms with Crippen molar-refractivity contribution in [1.29, 1.82) is 0 Å². The van der Waals surface area contributed by atoms with Gasteiger partial charge in [0, 0.05) is 11.6 Å². The number of hydrogen-bond donors (Lipinski definition) is 2. The van der Waals surface area contributed by atoms with Crippen LogP contribution >= 0.6 is 11.6 Å². The van der Waals surface area contributed by atoms with Crippen LogP contribution in [-0.2, 0) is 21.2 Å². The van der Waals surface area contributed by atoms with Gasteiger partial charge in [-0.05, 0) is 73.5 Å². The summed E-state index contributed by atoms with van der Waals surface area (Å²) in [4.78, 5) is 26.6. The molecular formula is C33H34ClN3O7S. The van der Waals surface area contributed by atoms with Crippen LogP contribution in [0, 0.1) is 6.92 Å². The highest BCUT2D eigenvalue weighted by Gasteiger charge is 2.30. The maximum Gasteiger partial charge on any atom is 0.264 e. The van der Waals surface area contributed by atoms with Crippen molar-refractivity contribution >= 4 is 44.8 Å². The van der Waals surface area contributed by atoms with Gasteiger partial charge in [-0.2, -0.15) is 0 Å². The number of nitrogens with zero attached hydrogens (tertiary/aromatic N) is 1. The Labute approximate surface area is 267 Å². The summed E-state index contributed by atoms with van der Waals surface area (Å²) in [6.45, 7) is 1.53. The number of para-hydroxylation sites is 1. The molecule has 236 valence electrons. The van der Waals surface area contributed by atoms with E-state index >= 15 is 0 Å². The fourth-order valence-corrected chi connectivity index (χ4v) is 6.15. The lowest BCUT2D eigenvalue weighted by molar-refractivity contribution is -0.114. The second-order valence-corrected chi connectivity index (χ2v) is 12.2. The fraction of sp³-hybridized carbons (Fsp3) is 0.212. The second-order valence-electron chi connectivity index (χ2n) is 9.93. The summed E-state index contributed by atoms with van der Waals surface area (Å²) >= 11 is 6.23. The van der Waals surface area contributed by atoms with E-state index in [1.54, 1.807) is 62.8 Å². The summed E-state index contributed by atoms with van der Waals surface area (Å²) in [6.07, 6.45) is 0.522. The Hall–Kier alpha value is -4.74. The van der Waals surface area contributed by atoms with Gasteiger partial charge < -0.3 is 24.8 Å². The maximum absolute atomic E-state index is 13.9. The molecule has 2 amide bonds. The molecule has 4 rings (SSSR count). The van der Waals surface area contributed by atoms with Crippen LogP contribution in [0.2, 0.25) is 5.02 Å². The predicted octanol–water partition coefficient (Wildman–Crippen LogP) is 5.48. The molecule has 0 saturated heterocycles. The van der Waals surface area contributed by atoms with E-state index in [2.05, 4.69) is 10.6 Å². The first-order valence-electron chi connectivity index (χ1n) is 13.9. The van der Waals surface area contributed by atoms with Gasteiger partial charge in [0.1, 0.15) is 12.3 Å². The van der Waals surface area contributed by atoms with E-state index < -0.39 is 28.4 Å². The first-order valence-corrected chi connectivity index (χ1v) is 15.7. The standard InChI is InChI=1S/C33H34ClN3O7S/c1-22-9-13-25(14-10-22)45(40,41)37(28-20-24(34)12-16-29(28)42-2)21-32(38)36-27-8-6-5-7-26(27)33(39)35-18-17-23-11-15-30(43-3)31(19-23)44-4/h5-16,19-20H,17-18,21H2,1-4H3,(H,35,39)(H,36,38). The van der Waals surface area contributed by atoms with E-state index in [1.807, 2.05) is 19.1 Å². The van der Waals surface area contributed by atoms with Crippen LogP contribution in [0.3, 0.4) is 0 Å². The second kappa shape index (κ2) is 14.8. The minimum atomic E-state index is -4.24. The first-order chi connectivity index (χ1) is 21.6. The molecule has 2 N–H and O–H groups in total. The van der Waals surface area contributed by atoms with E-state index in [1.165, 1.54) is 31.4 Å². The van der Waals surface area contributed by atoms with Crippen molar-refractivity contribution in [2.75, 3.05) is 44.0 Å². The van der Waals surface area contributed by atoms with Crippen LogP contribution < -0.4 is 29.1 Å². The van der Waals surface area contributed by atoms with Crippen LogP contribution in [0.25, 0.3) is 0 Å². The van der Waals surface area contributed by atoms with E-state index in [0.29, 0.717) is 24.5 Å². The normalized spacial score (nSPS) is 11.0. The third kappa shape index (κ3) is 8.05. The quantitative estimate of drug-likeness (QED) is 0.196. The van der Waals surface area contributed by atoms with Crippen LogP contribution in [-0.4, -0.2) is 54.7 Å². The number of aryl methyl sites for hydroxylation is 1. The highest BCUT2D eigenvalue weighted by molar-refractivity contribution is 7.92. The molecule has 45 heavy (non-hydrogen) atoms. The molecule has 0 atom stereocenters. The molecule has 12 heteroatoms. The van der Waals surface area contributed by atoms with Gasteiger partial charge >= 0.3 is 0 Å². The molecule has 0 saturated carbocycles. The Balaban J connectivity index is 1.54. The zero-order valence-electron chi connectivity index (χ0n) is 25.3. The van der Waals surface area contributed by atoms with Crippen LogP contribution in [0.15, 0.2) is 89.8 Å². The summed E-state index contributed by atoms with van der Waals surface area (Å²) in [5.41, 5.74) is 2.32. The van der Waals surface area contributed by atoms with E-state index in [0.717, 1.165) is 15.4 Å². The Morgan fingerprint density at radius 2 is 1.49 bits per heavy atom. The third-order valence-electron chi connectivity index (χ3n) is 6.90. The molecule has 0 aliphatic heterocycles. The summed E-state index contributed by atoms with van der Waals surface area (Å²) in [7, 11) is 0.259. The number of nitrogens with one attached hydrogen (secondary N) is 2. The highest BCUT2D eigenvalue weighted by Crippen LogP contribution is 2.35. The van der Waals surface area contributed by atoms with Gasteiger partial charge in [-0.1, -0.05) is 47.5 Å². The number of halogens is 1. The van der Waals surface area contributed by atoms with Gasteiger partial charge in [-0.25, -0.2) is 8.42 Å². The van der Waals surface area contributed by atoms with Crippen LogP contribution in [0.4, 0.5) is 11.4 Å². The lowest BCUT2D eigenvalue weighted by Crippen LogP contribution is -2.38. The Morgan fingerprint density at radius 1 is 0.822 bits per heavy atom. The van der Waals surface area contributed by atoms with Gasteiger partial charge in [0.15, 0.2) is 11.5 Å². The van der Waals surface area contributed by atoms with E-state index in [9.17, 15) is 18.0 Å². The largest absolute Gasteiger partial charge is 0.495 e. The van der Waals surface area contributed by atoms with Crippen molar-refractivity contribution in [2.45, 2.75) is 18.2 Å². The predicted molar refractivity (Wildman–Crippen MR) is 174 cm³/mol. The Morgan fingerprint density at radius 3 is 2.18 bits per heavy atom. The van der Waals surface area contributed by atoms with Gasteiger partial charge in [0.25, 0.3) is 15.9 Å². The molecule has 4 aromatic rings. The third-order valence-corrected chi connectivity index (χ3v) is 8.91. The smallest absolute Gasteiger partial charge is 0.264 e. The van der Waals surface area contributed by atoms with Crippen molar-refractivity contribution in [2.24, 2.45) is 0 Å². The molecule has 4 aromatic carbocycles. The number of amides is 2. The molecule has 0 unspecified atom stereocenters. The number of carbonyl (C=O) groups is 2. The lowest BCUT2D eigenvalue weighted by atomic mass is 10.1. The zero-order valence-corrected chi connectivity index (χ0v) is 26.9. The summed E-state index contributed by atoms with van der Waals surface area (Å²) in [5, 5.41) is 5.82. The molecule has 0 radical (unpaired) electrons. The average molecular weight is 652 g/mol. The number of methoxy groups -OCH3 is 3. The summed E-state index contributed by atoms with van der Waals surface area (Å²) in [6, 6.07) is 22.8. The van der Waals surface area contributed by atoms with Gasteiger partial charge in [-0.3, -0.25) is 13.9 Å². The van der Waals surface area contributed by atoms with Crippen molar-refractivity contribution in [1.82, 2.24) is 5.32 Å². The molecule has 0 aromatic heterocycles. The fourth-order valence-electron chi connectivity index (χ4n) is 4.56. The Kier molecular flexibility index (Phi) is 10.9. The van der Waals surface area contributed by atoms with Crippen molar-refractivity contribution in [3.8, 4) is 17.2 Å². The highest BCUT2D eigenvalue weighted by atomic mass is 35.5. The van der Waals surface area contributed by atoms with E-state index in [4.69, 9.17) is 25.8 Å². The van der Waals surface area contributed by atoms with Crippen molar-refractivity contribution in [3.63, 3.8) is 0 Å². The van der Waals surface area contributed by atoms with Crippen molar-refractivity contribution in [3.05, 3.63) is 107 Å². The Bertz CT molecular complexity index is 1780. The van der Waals surface area contributed by atoms with Crippen molar-refractivity contribution < 1.29 is 32.2 Å². The topological polar surface area (TPSA) is 123 Å². The minimum absolute atomic E-state index is 0.0165. The molecular weight excluding hydrogens is 618 g/mol. The number of carbonyl (C=O) groups excluding carboxylic acids is 2. The SMILES string of the molecule is COc1ccc(CCNC(=O)c2ccccc2NC(=O)CN(c2cc(Cl)ccc2OC)S(=O)(=O)c2ccc(C)cc2)cc1OC. The van der Waals surface area contributed by atoms with Gasteiger partial charge in [-0.15, -0.1) is 0 Å². The number of hydrogen-bond acceptors (Lipinski definition) is 7. The number of benzene rings is 4. The lowest BCUT2D eigenvalue weighted by Gasteiger charge is -2.26. The molecule has 0 aliphatic rings.